The number of amides is 2. The lowest BCUT2D eigenvalue weighted by Crippen LogP contribution is -2.43. The molecular weight excluding hydrogens is 362 g/mol. The molecule has 1 aromatic heterocycles. The molecule has 1 aliphatic rings. The van der Waals surface area contributed by atoms with E-state index in [9.17, 15) is 9.59 Å². The zero-order valence-corrected chi connectivity index (χ0v) is 17.0. The maximum atomic E-state index is 12.6. The predicted octanol–water partition coefficient (Wildman–Crippen LogP) is 3.92. The summed E-state index contributed by atoms with van der Waals surface area (Å²) in [5, 5.41) is 4.05. The van der Waals surface area contributed by atoms with Gasteiger partial charge in [-0.3, -0.25) is 9.59 Å². The molecule has 1 fully saturated rings. The Kier molecular flexibility index (Phi) is 5.38. The fourth-order valence-corrected chi connectivity index (χ4v) is 4.35. The van der Waals surface area contributed by atoms with Crippen molar-refractivity contribution in [3.63, 3.8) is 0 Å². The number of aromatic nitrogens is 1. The average Bonchev–Trinajstić information content (AvgIpc) is 3.15. The number of rotatable bonds is 4. The van der Waals surface area contributed by atoms with Crippen molar-refractivity contribution in [2.24, 2.45) is 0 Å². The Morgan fingerprint density at radius 3 is 2.48 bits per heavy atom. The number of aromatic amines is 1. The first-order valence-electron chi connectivity index (χ1n) is 10.2. The Morgan fingerprint density at radius 2 is 1.76 bits per heavy atom. The van der Waals surface area contributed by atoms with Crippen LogP contribution in [0.15, 0.2) is 48.7 Å². The van der Waals surface area contributed by atoms with E-state index in [0.29, 0.717) is 11.5 Å². The molecule has 5 heteroatoms. The number of fused-ring (bicyclic) bond motifs is 1. The van der Waals surface area contributed by atoms with E-state index in [0.717, 1.165) is 42.6 Å². The second-order valence-corrected chi connectivity index (χ2v) is 8.00. The normalized spacial score (nSPS) is 14.9. The van der Waals surface area contributed by atoms with E-state index in [1.807, 2.05) is 43.0 Å². The van der Waals surface area contributed by atoms with Crippen molar-refractivity contribution >= 4 is 22.7 Å². The number of hydrogen-bond donors (Lipinski definition) is 2. The Hall–Kier alpha value is -3.08. The van der Waals surface area contributed by atoms with Crippen LogP contribution in [-0.4, -0.2) is 41.3 Å². The van der Waals surface area contributed by atoms with E-state index in [1.165, 1.54) is 10.9 Å². The van der Waals surface area contributed by atoms with Gasteiger partial charge in [0, 0.05) is 35.8 Å². The van der Waals surface area contributed by atoms with E-state index >= 15 is 0 Å². The van der Waals surface area contributed by atoms with Crippen molar-refractivity contribution in [2.45, 2.75) is 32.6 Å². The van der Waals surface area contributed by atoms with Crippen molar-refractivity contribution in [1.82, 2.24) is 15.2 Å². The van der Waals surface area contributed by atoms with Crippen molar-refractivity contribution in [3.05, 3.63) is 70.9 Å². The van der Waals surface area contributed by atoms with Crippen LogP contribution in [0.3, 0.4) is 0 Å². The van der Waals surface area contributed by atoms with Gasteiger partial charge in [0.2, 0.25) is 5.91 Å². The molecule has 0 unspecified atom stereocenters. The zero-order valence-electron chi connectivity index (χ0n) is 17.0. The molecule has 150 valence electrons. The molecule has 0 atom stereocenters. The number of nitrogens with one attached hydrogen (secondary N) is 2. The third-order valence-electron chi connectivity index (χ3n) is 5.79. The fraction of sp³-hybridized carbons (Fsp3) is 0.333. The Labute approximate surface area is 171 Å². The van der Waals surface area contributed by atoms with Gasteiger partial charge in [0.25, 0.3) is 5.91 Å². The Balaban J connectivity index is 1.31. The molecule has 3 aromatic rings. The number of carbonyl (C=O) groups is 2. The second kappa shape index (κ2) is 8.11. The van der Waals surface area contributed by atoms with Crippen LogP contribution < -0.4 is 5.32 Å². The molecule has 2 aromatic carbocycles. The molecule has 0 bridgehead atoms. The minimum absolute atomic E-state index is 0.0138. The highest BCUT2D eigenvalue weighted by Gasteiger charge is 2.25. The van der Waals surface area contributed by atoms with Gasteiger partial charge >= 0.3 is 0 Å². The summed E-state index contributed by atoms with van der Waals surface area (Å²) in [6, 6.07) is 14.1. The quantitative estimate of drug-likeness (QED) is 0.710. The number of hydrogen-bond acceptors (Lipinski definition) is 2. The number of benzene rings is 2. The van der Waals surface area contributed by atoms with Gasteiger partial charge in [-0.1, -0.05) is 35.4 Å². The molecule has 0 spiro atoms. The van der Waals surface area contributed by atoms with Gasteiger partial charge in [0.1, 0.15) is 0 Å². The van der Waals surface area contributed by atoms with Gasteiger partial charge in [-0.05, 0) is 56.4 Å². The van der Waals surface area contributed by atoms with Crippen LogP contribution in [0.25, 0.3) is 10.9 Å². The van der Waals surface area contributed by atoms with Gasteiger partial charge in [0.15, 0.2) is 0 Å². The van der Waals surface area contributed by atoms with E-state index in [4.69, 9.17) is 0 Å². The maximum Gasteiger partial charge on any atom is 0.251 e. The number of H-pyrrole nitrogens is 1. The first-order chi connectivity index (χ1) is 14.0. The SMILES string of the molecule is Cc1cc(C)cc(C(=O)NCC(=O)N2CCC(c3c[nH]c4ccccc34)CC2)c1. The third-order valence-corrected chi connectivity index (χ3v) is 5.79. The summed E-state index contributed by atoms with van der Waals surface area (Å²) < 4.78 is 0. The lowest BCUT2D eigenvalue weighted by Gasteiger charge is -2.32. The first-order valence-corrected chi connectivity index (χ1v) is 10.2. The number of piperidine rings is 1. The second-order valence-electron chi connectivity index (χ2n) is 8.00. The summed E-state index contributed by atoms with van der Waals surface area (Å²) in [5.41, 5.74) is 5.20. The predicted molar refractivity (Wildman–Crippen MR) is 115 cm³/mol. The molecule has 0 saturated carbocycles. The molecule has 2 heterocycles. The highest BCUT2D eigenvalue weighted by Crippen LogP contribution is 2.33. The van der Waals surface area contributed by atoms with Crippen LogP contribution in [0.2, 0.25) is 0 Å². The van der Waals surface area contributed by atoms with Crippen LogP contribution in [0.4, 0.5) is 0 Å². The maximum absolute atomic E-state index is 12.6. The monoisotopic (exact) mass is 389 g/mol. The minimum atomic E-state index is -0.196. The first kappa shape index (κ1) is 19.2. The summed E-state index contributed by atoms with van der Waals surface area (Å²) >= 11 is 0. The fourth-order valence-electron chi connectivity index (χ4n) is 4.35. The molecule has 0 aliphatic carbocycles. The van der Waals surface area contributed by atoms with Gasteiger partial charge in [0.05, 0.1) is 6.54 Å². The molecule has 1 aliphatic heterocycles. The standard InChI is InChI=1S/C24H27N3O2/c1-16-11-17(2)13-19(12-16)24(29)26-15-23(28)27-9-7-18(8-10-27)21-14-25-22-6-4-3-5-20(21)22/h3-6,11-14,18,25H,7-10,15H2,1-2H3,(H,26,29). The summed E-state index contributed by atoms with van der Waals surface area (Å²) in [4.78, 5) is 30.2. The van der Waals surface area contributed by atoms with Gasteiger partial charge < -0.3 is 15.2 Å². The van der Waals surface area contributed by atoms with Crippen LogP contribution in [0, 0.1) is 13.8 Å². The average molecular weight is 389 g/mol. The van der Waals surface area contributed by atoms with E-state index in [-0.39, 0.29) is 18.4 Å². The molecule has 2 N–H and O–H groups in total. The van der Waals surface area contributed by atoms with Crippen molar-refractivity contribution in [3.8, 4) is 0 Å². The smallest absolute Gasteiger partial charge is 0.251 e. The summed E-state index contributed by atoms with van der Waals surface area (Å²) in [6.45, 7) is 5.42. The highest BCUT2D eigenvalue weighted by atomic mass is 16.2. The van der Waals surface area contributed by atoms with Crippen molar-refractivity contribution in [2.75, 3.05) is 19.6 Å². The topological polar surface area (TPSA) is 65.2 Å². The Bertz CT molecular complexity index is 1020. The van der Waals surface area contributed by atoms with Gasteiger partial charge in [-0.25, -0.2) is 0 Å². The van der Waals surface area contributed by atoms with Gasteiger partial charge in [-0.2, -0.15) is 0 Å². The molecule has 2 amide bonds. The molecule has 5 nitrogen and oxygen atoms in total. The van der Waals surface area contributed by atoms with E-state index in [1.54, 1.807) is 0 Å². The van der Waals surface area contributed by atoms with Crippen LogP contribution in [-0.2, 0) is 4.79 Å². The summed E-state index contributed by atoms with van der Waals surface area (Å²) in [7, 11) is 0. The number of carbonyl (C=O) groups excluding carboxylic acids is 2. The molecule has 4 rings (SSSR count). The third kappa shape index (κ3) is 4.19. The van der Waals surface area contributed by atoms with Crippen LogP contribution >= 0.6 is 0 Å². The van der Waals surface area contributed by atoms with Crippen molar-refractivity contribution < 1.29 is 9.59 Å². The van der Waals surface area contributed by atoms with Crippen LogP contribution in [0.5, 0.6) is 0 Å². The van der Waals surface area contributed by atoms with E-state index < -0.39 is 0 Å². The molecule has 29 heavy (non-hydrogen) atoms. The van der Waals surface area contributed by atoms with Crippen LogP contribution in [0.1, 0.15) is 45.8 Å². The number of nitrogens with zero attached hydrogens (tertiary/aromatic N) is 1. The summed E-state index contributed by atoms with van der Waals surface area (Å²) in [6.07, 6.45) is 3.99. The number of likely N-dealkylation sites (tertiary alicyclic amines) is 1. The minimum Gasteiger partial charge on any atom is -0.361 e. The zero-order chi connectivity index (χ0) is 20.4. The largest absolute Gasteiger partial charge is 0.361 e. The van der Waals surface area contributed by atoms with Gasteiger partial charge in [-0.15, -0.1) is 0 Å². The number of aryl methyl sites for hydroxylation is 2. The lowest BCUT2D eigenvalue weighted by molar-refractivity contribution is -0.131. The molecule has 0 radical (unpaired) electrons. The van der Waals surface area contributed by atoms with E-state index in [2.05, 4.69) is 34.7 Å². The molecular formula is C24H27N3O2. The lowest BCUT2D eigenvalue weighted by atomic mass is 9.89. The summed E-state index contributed by atoms with van der Waals surface area (Å²) in [5.74, 6) is 0.249. The highest BCUT2D eigenvalue weighted by molar-refractivity contribution is 5.96. The number of para-hydroxylation sites is 1. The van der Waals surface area contributed by atoms with Crippen molar-refractivity contribution in [1.29, 1.82) is 0 Å². The molecule has 1 saturated heterocycles. The Morgan fingerprint density at radius 1 is 1.07 bits per heavy atom.